The van der Waals surface area contributed by atoms with E-state index in [0.29, 0.717) is 28.2 Å². The zero-order valence-electron chi connectivity index (χ0n) is 22.8. The molecule has 214 valence electrons. The summed E-state index contributed by atoms with van der Waals surface area (Å²) in [5.41, 5.74) is 4.81. The Kier molecular flexibility index (Phi) is 8.09. The smallest absolute Gasteiger partial charge is 0.322 e. The number of carbonyl (C=O) groups is 1. The van der Waals surface area contributed by atoms with Crippen LogP contribution in [-0.2, 0) is 21.2 Å². The average molecular weight is 594 g/mol. The Balaban J connectivity index is 1.50. The molecule has 5 rings (SSSR count). The lowest BCUT2D eigenvalue weighted by Crippen LogP contribution is -2.42. The van der Waals surface area contributed by atoms with Gasteiger partial charge in [0.15, 0.2) is 11.1 Å². The van der Waals surface area contributed by atoms with Crippen molar-refractivity contribution in [3.8, 4) is 11.1 Å². The summed E-state index contributed by atoms with van der Waals surface area (Å²) in [6.07, 6.45) is 1.80. The van der Waals surface area contributed by atoms with Gasteiger partial charge >= 0.3 is 5.97 Å². The third-order valence-corrected chi connectivity index (χ3v) is 9.30. The molecule has 0 amide bonds. The van der Waals surface area contributed by atoms with Gasteiger partial charge in [0.1, 0.15) is 6.04 Å². The Morgan fingerprint density at radius 3 is 2.29 bits per heavy atom. The van der Waals surface area contributed by atoms with Crippen molar-refractivity contribution in [2.75, 3.05) is 10.6 Å². The Morgan fingerprint density at radius 1 is 1.00 bits per heavy atom. The minimum Gasteiger partial charge on any atom is -0.546 e. The highest BCUT2D eigenvalue weighted by Gasteiger charge is 2.30. The molecule has 1 fully saturated rings. The van der Waals surface area contributed by atoms with E-state index in [1.54, 1.807) is 32.0 Å². The Bertz CT molecular complexity index is 1680. The maximum atomic E-state index is 13.4. The summed E-state index contributed by atoms with van der Waals surface area (Å²) in [6.45, 7) is 5.25. The van der Waals surface area contributed by atoms with Gasteiger partial charge in [0.2, 0.25) is 21.7 Å². The Labute approximate surface area is 242 Å². The number of nitrogens with one attached hydrogen (secondary N) is 3. The van der Waals surface area contributed by atoms with Gasteiger partial charge in [0, 0.05) is 26.9 Å². The van der Waals surface area contributed by atoms with Crippen LogP contribution in [0.3, 0.4) is 0 Å². The van der Waals surface area contributed by atoms with Gasteiger partial charge < -0.3 is 20.3 Å². The number of hydrogen-bond acceptors (Lipinski definition) is 8. The highest BCUT2D eigenvalue weighted by molar-refractivity contribution is 7.89. The lowest BCUT2D eigenvalue weighted by atomic mass is 9.98. The van der Waals surface area contributed by atoms with E-state index in [1.165, 1.54) is 0 Å². The molecule has 3 aromatic carbocycles. The first kappa shape index (κ1) is 28.7. The molecule has 1 aromatic heterocycles. The van der Waals surface area contributed by atoms with Gasteiger partial charge in [-0.05, 0) is 67.5 Å². The van der Waals surface area contributed by atoms with E-state index in [0.717, 1.165) is 29.5 Å². The quantitative estimate of drug-likeness (QED) is 0.174. The molecule has 0 aliphatic heterocycles. The standard InChI is InChI=1S/C29H31N5O5S2/c1-17-13-18(2)26(19(3)14-17)41(38,39)34-25(29(35)36)16-22-10-9-21(20-7-5-4-6-8-20)15-24(22)31-28-27(30-23-11-12-23)32-40(37)33-28/h4-10,13-15,23,25,34H,11-12,16H2,1-3H3,(H,30,32)(H,31,33)(H,35,36)/t25-,40?/m0/s1. The van der Waals surface area contributed by atoms with Gasteiger partial charge in [0.25, 0.3) is 0 Å². The Morgan fingerprint density at radius 2 is 1.66 bits per heavy atom. The van der Waals surface area contributed by atoms with Crippen molar-refractivity contribution in [3.63, 3.8) is 0 Å². The van der Waals surface area contributed by atoms with Crippen molar-refractivity contribution >= 4 is 44.5 Å². The average Bonchev–Trinajstić information content (AvgIpc) is 3.65. The summed E-state index contributed by atoms with van der Waals surface area (Å²) in [5, 5.41) is 16.5. The minimum absolute atomic E-state index is 0.0712. The van der Waals surface area contributed by atoms with Crippen molar-refractivity contribution in [1.29, 1.82) is 0 Å². The normalized spacial score (nSPS) is 14.5. The van der Waals surface area contributed by atoms with E-state index in [-0.39, 0.29) is 23.2 Å². The third-order valence-electron chi connectivity index (χ3n) is 6.84. The van der Waals surface area contributed by atoms with Crippen LogP contribution < -0.4 is 15.4 Å². The van der Waals surface area contributed by atoms with E-state index >= 15 is 0 Å². The van der Waals surface area contributed by atoms with Crippen LogP contribution in [-0.4, -0.2) is 44.9 Å². The fourth-order valence-corrected chi connectivity index (χ4v) is 7.17. The number of anilines is 3. The van der Waals surface area contributed by atoms with Gasteiger partial charge in [-0.1, -0.05) is 60.2 Å². The predicted molar refractivity (Wildman–Crippen MR) is 159 cm³/mol. The van der Waals surface area contributed by atoms with Crippen LogP contribution in [0.5, 0.6) is 0 Å². The number of aliphatic carboxylic acids is 1. The van der Waals surface area contributed by atoms with Crippen LogP contribution in [0.15, 0.2) is 65.6 Å². The summed E-state index contributed by atoms with van der Waals surface area (Å²) in [6, 6.07) is 17.4. The Hall–Kier alpha value is -3.84. The molecule has 41 heavy (non-hydrogen) atoms. The van der Waals surface area contributed by atoms with Crippen molar-refractivity contribution in [1.82, 2.24) is 13.5 Å². The fourth-order valence-electron chi connectivity index (χ4n) is 4.91. The fraction of sp³-hybridized carbons (Fsp3) is 0.276. The number of aromatic nitrogens is 2. The number of benzene rings is 3. The number of nitrogens with zero attached hydrogens (tertiary/aromatic N) is 2. The van der Waals surface area contributed by atoms with E-state index in [4.69, 9.17) is 0 Å². The van der Waals surface area contributed by atoms with Gasteiger partial charge in [0.05, 0.1) is 4.90 Å². The predicted octanol–water partition coefficient (Wildman–Crippen LogP) is 5.09. The molecule has 1 saturated carbocycles. The number of hydrogen-bond donors (Lipinski definition) is 4. The number of carboxylic acids is 1. The molecule has 0 saturated heterocycles. The molecular formula is C29H31N5O5S2. The topological polar surface area (TPSA) is 156 Å². The minimum atomic E-state index is -4.16. The molecule has 1 aliphatic carbocycles. The van der Waals surface area contributed by atoms with Gasteiger partial charge in [-0.25, -0.2) is 8.42 Å². The summed E-state index contributed by atoms with van der Waals surface area (Å²) >= 11 is -1.79. The molecule has 4 N–H and O–H groups in total. The monoisotopic (exact) mass is 593 g/mol. The first-order chi connectivity index (χ1) is 19.5. The second kappa shape index (κ2) is 11.6. The van der Waals surface area contributed by atoms with Crippen molar-refractivity contribution in [3.05, 3.63) is 82.9 Å². The first-order valence-electron chi connectivity index (χ1n) is 13.1. The summed E-state index contributed by atoms with van der Waals surface area (Å²) < 4.78 is 49.6. The molecule has 1 unspecified atom stereocenters. The molecule has 0 bridgehead atoms. The summed E-state index contributed by atoms with van der Waals surface area (Å²) in [5.74, 6) is -0.659. The molecule has 0 radical (unpaired) electrons. The summed E-state index contributed by atoms with van der Waals surface area (Å²) in [4.78, 5) is 12.4. The summed E-state index contributed by atoms with van der Waals surface area (Å²) in [7, 11) is -4.16. The second-order valence-corrected chi connectivity index (χ2v) is 12.8. The maximum Gasteiger partial charge on any atom is 0.322 e. The van der Waals surface area contributed by atoms with E-state index < -0.39 is 33.2 Å². The zero-order chi connectivity index (χ0) is 29.3. The highest BCUT2D eigenvalue weighted by atomic mass is 32.2. The third kappa shape index (κ3) is 6.73. The van der Waals surface area contributed by atoms with Gasteiger partial charge in [-0.3, -0.25) is 4.79 Å². The molecule has 12 heteroatoms. The molecule has 1 aliphatic rings. The van der Waals surface area contributed by atoms with Crippen molar-refractivity contribution in [2.45, 2.75) is 57.0 Å². The van der Waals surface area contributed by atoms with Gasteiger partial charge in [-0.15, -0.1) is 0 Å². The maximum absolute atomic E-state index is 13.4. The lowest BCUT2D eigenvalue weighted by Gasteiger charge is -2.20. The van der Waals surface area contributed by atoms with Crippen LogP contribution in [0.4, 0.5) is 17.3 Å². The molecular weight excluding hydrogens is 562 g/mol. The SMILES string of the molecule is Cc1cc(C)c(S(=O)(=O)N[C@@H](Cc2ccc(-c3ccccc3)cc2Nc2n[s+]([O-])nc2NC2CC2)C(=O)O)c(C)c1. The highest BCUT2D eigenvalue weighted by Crippen LogP contribution is 2.34. The van der Waals surface area contributed by atoms with Crippen LogP contribution in [0.25, 0.3) is 11.1 Å². The van der Waals surface area contributed by atoms with Crippen LogP contribution in [0, 0.1) is 20.8 Å². The molecule has 2 atom stereocenters. The van der Waals surface area contributed by atoms with Crippen molar-refractivity contribution < 1.29 is 22.9 Å². The number of carboxylic acid groups (broad SMARTS) is 1. The van der Waals surface area contributed by atoms with Crippen LogP contribution in [0.1, 0.15) is 35.1 Å². The van der Waals surface area contributed by atoms with E-state index in [9.17, 15) is 22.9 Å². The van der Waals surface area contributed by atoms with Crippen LogP contribution >= 0.6 is 11.1 Å². The van der Waals surface area contributed by atoms with Crippen LogP contribution in [0.2, 0.25) is 0 Å². The molecule has 10 nitrogen and oxygen atoms in total. The number of aryl methyl sites for hydroxylation is 3. The first-order valence-corrected chi connectivity index (χ1v) is 15.7. The van der Waals surface area contributed by atoms with E-state index in [2.05, 4.69) is 24.1 Å². The van der Waals surface area contributed by atoms with Crippen molar-refractivity contribution in [2.24, 2.45) is 0 Å². The lowest BCUT2D eigenvalue weighted by molar-refractivity contribution is -0.138. The van der Waals surface area contributed by atoms with E-state index in [1.807, 2.05) is 49.4 Å². The molecule has 4 aromatic rings. The molecule has 0 spiro atoms. The number of rotatable bonds is 11. The molecule has 1 heterocycles. The van der Waals surface area contributed by atoms with Gasteiger partial charge in [-0.2, -0.15) is 4.72 Å². The zero-order valence-corrected chi connectivity index (χ0v) is 24.5. The number of sulfonamides is 1. The second-order valence-electron chi connectivity index (χ2n) is 10.3. The largest absolute Gasteiger partial charge is 0.546 e.